The average molecular weight is 549 g/mol. The van der Waals surface area contributed by atoms with Gasteiger partial charge in [0.15, 0.2) is 5.69 Å². The normalized spacial score (nSPS) is 16.5. The van der Waals surface area contributed by atoms with Crippen molar-refractivity contribution in [2.24, 2.45) is 0 Å². The number of fused-ring (bicyclic) bond motifs is 3. The number of piperidine rings is 1. The van der Waals surface area contributed by atoms with Crippen molar-refractivity contribution in [2.75, 3.05) is 23.3 Å². The highest BCUT2D eigenvalue weighted by Gasteiger charge is 2.37. The molecule has 3 N–H and O–H groups in total. The number of carbonyl (C=O) groups is 1. The summed E-state index contributed by atoms with van der Waals surface area (Å²) in [4.78, 5) is 22.3. The lowest BCUT2D eigenvalue weighted by Crippen LogP contribution is -2.40. The summed E-state index contributed by atoms with van der Waals surface area (Å²) in [5.74, 6) is -3.48. The highest BCUT2D eigenvalue weighted by atomic mass is 19.4. The quantitative estimate of drug-likeness (QED) is 0.167. The maximum atomic E-state index is 13.9. The van der Waals surface area contributed by atoms with Gasteiger partial charge in [-0.25, -0.2) is 24.2 Å². The molecule has 2 aromatic carbocycles. The third-order valence-electron chi connectivity index (χ3n) is 6.84. The number of hydroxylamine groups is 1. The van der Waals surface area contributed by atoms with E-state index in [1.165, 1.54) is 10.5 Å². The molecule has 0 bridgehead atoms. The highest BCUT2D eigenvalue weighted by Crippen LogP contribution is 2.37. The largest absolute Gasteiger partial charge is 0.434 e. The molecule has 1 unspecified atom stereocenters. The van der Waals surface area contributed by atoms with Gasteiger partial charge in [-0.2, -0.15) is 13.2 Å². The number of benzene rings is 2. The van der Waals surface area contributed by atoms with E-state index in [1.807, 2.05) is 6.07 Å². The number of rotatable bonds is 5. The van der Waals surface area contributed by atoms with Crippen molar-refractivity contribution >= 4 is 34.1 Å². The molecule has 1 aliphatic rings. The summed E-state index contributed by atoms with van der Waals surface area (Å²) in [6.07, 6.45) is -4.77. The van der Waals surface area contributed by atoms with E-state index in [0.29, 0.717) is 22.2 Å². The van der Waals surface area contributed by atoms with E-state index in [1.54, 1.807) is 48.5 Å². The minimum atomic E-state index is -4.72. The summed E-state index contributed by atoms with van der Waals surface area (Å²) in [6, 6.07) is 9.49. The number of carbonyl (C=O) groups excluding carboxylic acids is 1. The Labute approximate surface area is 219 Å². The van der Waals surface area contributed by atoms with E-state index in [0.717, 1.165) is 11.8 Å². The fraction of sp³-hybridized carbons (Fsp3) is 0.346. The molecule has 0 spiro atoms. The van der Waals surface area contributed by atoms with Gasteiger partial charge < -0.3 is 10.2 Å². The Morgan fingerprint density at radius 1 is 1.13 bits per heavy atom. The van der Waals surface area contributed by atoms with E-state index in [4.69, 9.17) is 10.2 Å². The molecule has 4 aromatic rings. The molecule has 1 amide bonds. The van der Waals surface area contributed by atoms with Crippen molar-refractivity contribution in [1.82, 2.24) is 19.8 Å². The first kappa shape index (κ1) is 26.6. The summed E-state index contributed by atoms with van der Waals surface area (Å²) >= 11 is 0. The van der Waals surface area contributed by atoms with E-state index in [9.17, 15) is 26.7 Å². The molecular weight excluding hydrogens is 523 g/mol. The van der Waals surface area contributed by atoms with Crippen molar-refractivity contribution in [2.45, 2.75) is 44.8 Å². The molecule has 39 heavy (non-hydrogen) atoms. The van der Waals surface area contributed by atoms with Crippen molar-refractivity contribution in [3.05, 3.63) is 65.0 Å². The van der Waals surface area contributed by atoms with Crippen LogP contribution in [0.3, 0.4) is 0 Å². The molecule has 8 nitrogen and oxygen atoms in total. The molecule has 2 aromatic heterocycles. The number of aromatic nitrogens is 3. The predicted octanol–water partition coefficient (Wildman–Crippen LogP) is 5.74. The van der Waals surface area contributed by atoms with Crippen molar-refractivity contribution in [3.63, 3.8) is 0 Å². The average Bonchev–Trinajstić information content (AvgIpc) is 3.35. The number of halogens is 5. The fourth-order valence-corrected chi connectivity index (χ4v) is 4.88. The lowest BCUT2D eigenvalue weighted by molar-refractivity contribution is -0.140. The molecule has 3 heterocycles. The molecule has 13 heteroatoms. The summed E-state index contributed by atoms with van der Waals surface area (Å²) in [5, 5.41) is 12.7. The Balaban J connectivity index is 1.68. The monoisotopic (exact) mass is 548 g/mol. The van der Waals surface area contributed by atoms with Gasteiger partial charge in [0.2, 0.25) is 5.95 Å². The van der Waals surface area contributed by atoms with Gasteiger partial charge in [0, 0.05) is 48.8 Å². The lowest BCUT2D eigenvalue weighted by atomic mass is 10.00. The Bertz CT molecular complexity index is 1560. The van der Waals surface area contributed by atoms with Gasteiger partial charge in [-0.1, -0.05) is 18.2 Å². The third kappa shape index (κ3) is 5.05. The van der Waals surface area contributed by atoms with Gasteiger partial charge in [0.05, 0.1) is 17.1 Å². The molecule has 1 fully saturated rings. The Kier molecular flexibility index (Phi) is 6.57. The number of nitrogens with zero attached hydrogens (tertiary/aromatic N) is 4. The molecular formula is C26H25F5N6O2. The van der Waals surface area contributed by atoms with Crippen LogP contribution in [0.2, 0.25) is 0 Å². The maximum Gasteiger partial charge on any atom is 0.434 e. The van der Waals surface area contributed by atoms with E-state index in [2.05, 4.69) is 10.3 Å². The number of hydrogen-bond donors (Lipinski definition) is 3. The zero-order chi connectivity index (χ0) is 28.1. The summed E-state index contributed by atoms with van der Waals surface area (Å²) in [6.45, 7) is 3.41. The summed E-state index contributed by atoms with van der Waals surface area (Å²) < 4.78 is 70.1. The van der Waals surface area contributed by atoms with Crippen LogP contribution in [0.1, 0.15) is 53.0 Å². The number of nitrogens with one attached hydrogen (secondary N) is 2. The summed E-state index contributed by atoms with van der Waals surface area (Å²) in [5.41, 5.74) is 2.78. The first-order valence-electron chi connectivity index (χ1n) is 12.2. The molecule has 1 atom stereocenters. The van der Waals surface area contributed by atoms with Crippen LogP contribution in [0.25, 0.3) is 16.6 Å². The van der Waals surface area contributed by atoms with Crippen LogP contribution in [0.5, 0.6) is 0 Å². The number of imidazole rings is 1. The van der Waals surface area contributed by atoms with Gasteiger partial charge in [0.25, 0.3) is 11.8 Å². The van der Waals surface area contributed by atoms with Crippen LogP contribution in [-0.2, 0) is 6.18 Å². The maximum absolute atomic E-state index is 13.9. The number of amides is 1. The van der Waals surface area contributed by atoms with Crippen LogP contribution < -0.4 is 15.7 Å². The number of alkyl halides is 5. The number of anilines is 2. The molecule has 0 aliphatic carbocycles. The van der Waals surface area contributed by atoms with E-state index in [-0.39, 0.29) is 30.2 Å². The van der Waals surface area contributed by atoms with Crippen LogP contribution in [0, 0.1) is 6.92 Å². The van der Waals surface area contributed by atoms with Gasteiger partial charge in [-0.05, 0) is 37.6 Å². The van der Waals surface area contributed by atoms with Gasteiger partial charge >= 0.3 is 6.18 Å². The zero-order valence-electron chi connectivity index (χ0n) is 21.0. The topological polar surface area (TPSA) is 94.8 Å². The van der Waals surface area contributed by atoms with Crippen LogP contribution >= 0.6 is 0 Å². The molecule has 1 saturated heterocycles. The van der Waals surface area contributed by atoms with E-state index < -0.39 is 42.6 Å². The van der Waals surface area contributed by atoms with Crippen molar-refractivity contribution < 1.29 is 32.0 Å². The number of hydrogen-bond acceptors (Lipinski definition) is 6. The van der Waals surface area contributed by atoms with Crippen molar-refractivity contribution in [1.29, 1.82) is 0 Å². The lowest BCUT2D eigenvalue weighted by Gasteiger charge is -2.33. The second-order valence-corrected chi connectivity index (χ2v) is 9.68. The predicted molar refractivity (Wildman–Crippen MR) is 134 cm³/mol. The van der Waals surface area contributed by atoms with E-state index >= 15 is 0 Å². The first-order valence-corrected chi connectivity index (χ1v) is 12.2. The van der Waals surface area contributed by atoms with Gasteiger partial charge in [0.1, 0.15) is 5.65 Å². The fourth-order valence-electron chi connectivity index (χ4n) is 4.88. The minimum absolute atomic E-state index is 0.0110. The number of aryl methyl sites for hydroxylation is 1. The molecule has 5 rings (SSSR count). The standard InChI is InChI=1S/C26H25F5N6O2/c1-14-11-17(15(2)32-19-6-4-3-5-16(19)23(38)35-39)21-18(12-14)22-33-20(26(29,30)31)13-37(22)24(34-21)36-9-7-25(27,28)8-10-36/h3-6,11-13,15,32,39H,7-10H2,1-2H3,(H,35,38). The smallest absolute Gasteiger partial charge is 0.378 e. The first-order chi connectivity index (χ1) is 18.4. The molecule has 1 aliphatic heterocycles. The van der Waals surface area contributed by atoms with Gasteiger partial charge in [-0.3, -0.25) is 14.4 Å². The SMILES string of the molecule is Cc1cc(C(C)Nc2ccccc2C(=O)NO)c2nc(N3CCC(F)(F)CC3)n3cc(C(F)(F)F)nc3c2c1. The highest BCUT2D eigenvalue weighted by molar-refractivity contribution is 5.99. The Morgan fingerprint density at radius 2 is 1.82 bits per heavy atom. The number of para-hydroxylation sites is 1. The second-order valence-electron chi connectivity index (χ2n) is 9.68. The Hall–Kier alpha value is -4.00. The molecule has 206 valence electrons. The zero-order valence-corrected chi connectivity index (χ0v) is 21.0. The van der Waals surface area contributed by atoms with Crippen LogP contribution in [0.15, 0.2) is 42.6 Å². The third-order valence-corrected chi connectivity index (χ3v) is 6.84. The molecule has 0 saturated carbocycles. The Morgan fingerprint density at radius 3 is 2.49 bits per heavy atom. The van der Waals surface area contributed by atoms with Crippen LogP contribution in [0.4, 0.5) is 33.6 Å². The molecule has 0 radical (unpaired) electrons. The van der Waals surface area contributed by atoms with Crippen LogP contribution in [-0.4, -0.2) is 44.5 Å². The van der Waals surface area contributed by atoms with Gasteiger partial charge in [-0.15, -0.1) is 0 Å². The summed E-state index contributed by atoms with van der Waals surface area (Å²) in [7, 11) is 0. The van der Waals surface area contributed by atoms with Crippen molar-refractivity contribution in [3.8, 4) is 0 Å². The second kappa shape index (κ2) is 9.63. The minimum Gasteiger partial charge on any atom is -0.378 e.